The van der Waals surface area contributed by atoms with Crippen molar-refractivity contribution in [1.82, 2.24) is 0 Å². The van der Waals surface area contributed by atoms with Crippen molar-refractivity contribution in [2.75, 3.05) is 5.75 Å². The van der Waals surface area contributed by atoms with E-state index in [9.17, 15) is 9.50 Å². The van der Waals surface area contributed by atoms with Gasteiger partial charge in [0, 0.05) is 10.6 Å². The molecule has 0 amide bonds. The molecule has 0 aliphatic carbocycles. The minimum absolute atomic E-state index is 0.231. The fraction of sp³-hybridized carbons (Fsp3) is 0.294. The minimum atomic E-state index is -0.398. The predicted molar refractivity (Wildman–Crippen MR) is 82.8 cm³/mol. The van der Waals surface area contributed by atoms with Gasteiger partial charge < -0.3 is 5.11 Å². The topological polar surface area (TPSA) is 20.2 Å². The standard InChI is InChI=1S/C17H19FOS/c1-12-4-3-5-13(2)17(12)10-15(19)11-20-16-8-6-14(18)7-9-16/h3-9,15,19H,10-11H2,1-2H3. The fourth-order valence-electron chi connectivity index (χ4n) is 2.19. The monoisotopic (exact) mass is 290 g/mol. The molecular formula is C17H19FOS. The number of thioether (sulfide) groups is 1. The molecular weight excluding hydrogens is 271 g/mol. The highest BCUT2D eigenvalue weighted by Gasteiger charge is 2.10. The molecule has 1 atom stereocenters. The summed E-state index contributed by atoms with van der Waals surface area (Å²) in [6.07, 6.45) is 0.261. The number of aryl methyl sites for hydroxylation is 2. The Morgan fingerprint density at radius 2 is 1.65 bits per heavy atom. The lowest BCUT2D eigenvalue weighted by Crippen LogP contribution is -2.15. The van der Waals surface area contributed by atoms with E-state index in [-0.39, 0.29) is 5.82 Å². The molecule has 0 aromatic heterocycles. The van der Waals surface area contributed by atoms with Gasteiger partial charge in [-0.2, -0.15) is 0 Å². The molecule has 0 saturated carbocycles. The smallest absolute Gasteiger partial charge is 0.123 e. The average molecular weight is 290 g/mol. The normalized spacial score (nSPS) is 12.4. The summed E-state index contributed by atoms with van der Waals surface area (Å²) in [4.78, 5) is 0.979. The van der Waals surface area contributed by atoms with Gasteiger partial charge >= 0.3 is 0 Å². The molecule has 0 heterocycles. The first kappa shape index (κ1) is 15.1. The van der Waals surface area contributed by atoms with Crippen LogP contribution in [0.3, 0.4) is 0 Å². The lowest BCUT2D eigenvalue weighted by Gasteiger charge is -2.14. The lowest BCUT2D eigenvalue weighted by molar-refractivity contribution is 0.199. The van der Waals surface area contributed by atoms with Gasteiger partial charge in [0.1, 0.15) is 5.82 Å². The highest BCUT2D eigenvalue weighted by Crippen LogP contribution is 2.22. The largest absolute Gasteiger partial charge is 0.392 e. The van der Waals surface area contributed by atoms with Crippen molar-refractivity contribution in [2.45, 2.75) is 31.3 Å². The molecule has 20 heavy (non-hydrogen) atoms. The van der Waals surface area contributed by atoms with Crippen LogP contribution in [0.4, 0.5) is 4.39 Å². The minimum Gasteiger partial charge on any atom is -0.392 e. The van der Waals surface area contributed by atoms with Crippen LogP contribution >= 0.6 is 11.8 Å². The maximum Gasteiger partial charge on any atom is 0.123 e. The number of rotatable bonds is 5. The summed E-state index contributed by atoms with van der Waals surface area (Å²) in [5.74, 6) is 0.379. The maximum atomic E-state index is 12.8. The van der Waals surface area contributed by atoms with Crippen LogP contribution in [0.1, 0.15) is 16.7 Å². The Morgan fingerprint density at radius 1 is 1.05 bits per heavy atom. The van der Waals surface area contributed by atoms with Gasteiger partial charge in [-0.1, -0.05) is 18.2 Å². The van der Waals surface area contributed by atoms with Crippen LogP contribution in [0.5, 0.6) is 0 Å². The van der Waals surface area contributed by atoms with Gasteiger partial charge in [-0.3, -0.25) is 0 Å². The Bertz CT molecular complexity index is 545. The summed E-state index contributed by atoms with van der Waals surface area (Å²) in [5, 5.41) is 10.2. The number of aliphatic hydroxyl groups is 1. The van der Waals surface area contributed by atoms with E-state index < -0.39 is 6.10 Å². The van der Waals surface area contributed by atoms with E-state index in [1.165, 1.54) is 28.8 Å². The SMILES string of the molecule is Cc1cccc(C)c1CC(O)CSc1ccc(F)cc1. The molecule has 0 radical (unpaired) electrons. The van der Waals surface area contributed by atoms with Crippen molar-refractivity contribution in [1.29, 1.82) is 0 Å². The Morgan fingerprint density at radius 3 is 2.25 bits per heavy atom. The first-order chi connectivity index (χ1) is 9.56. The summed E-state index contributed by atoms with van der Waals surface area (Å²) in [6.45, 7) is 4.14. The van der Waals surface area contributed by atoms with Crippen LogP contribution in [0.25, 0.3) is 0 Å². The number of benzene rings is 2. The Labute approximate surface area is 123 Å². The summed E-state index contributed by atoms with van der Waals surface area (Å²) in [6, 6.07) is 12.6. The van der Waals surface area contributed by atoms with E-state index in [1.54, 1.807) is 23.9 Å². The molecule has 1 nitrogen and oxygen atoms in total. The van der Waals surface area contributed by atoms with Crippen LogP contribution in [-0.4, -0.2) is 17.0 Å². The van der Waals surface area contributed by atoms with Gasteiger partial charge in [-0.15, -0.1) is 11.8 Å². The molecule has 106 valence electrons. The zero-order chi connectivity index (χ0) is 14.5. The van der Waals surface area contributed by atoms with Crippen molar-refractivity contribution in [3.63, 3.8) is 0 Å². The van der Waals surface area contributed by atoms with Crippen molar-refractivity contribution >= 4 is 11.8 Å². The summed E-state index contributed by atoms with van der Waals surface area (Å²) >= 11 is 1.55. The molecule has 1 N–H and O–H groups in total. The molecule has 0 fully saturated rings. The van der Waals surface area contributed by atoms with Crippen molar-refractivity contribution in [2.24, 2.45) is 0 Å². The molecule has 0 aliphatic heterocycles. The van der Waals surface area contributed by atoms with E-state index in [2.05, 4.69) is 26.0 Å². The number of aliphatic hydroxyl groups excluding tert-OH is 1. The Kier molecular flexibility index (Phi) is 5.21. The number of halogens is 1. The second-order valence-electron chi connectivity index (χ2n) is 4.99. The zero-order valence-corrected chi connectivity index (χ0v) is 12.6. The Balaban J connectivity index is 1.92. The van der Waals surface area contributed by atoms with Gasteiger partial charge in [0.05, 0.1) is 6.10 Å². The van der Waals surface area contributed by atoms with E-state index in [0.717, 1.165) is 4.90 Å². The van der Waals surface area contributed by atoms with Crippen molar-refractivity contribution in [3.05, 3.63) is 65.0 Å². The molecule has 0 aliphatic rings. The molecule has 3 heteroatoms. The predicted octanol–water partition coefficient (Wildman–Crippen LogP) is 4.14. The van der Waals surface area contributed by atoms with E-state index >= 15 is 0 Å². The molecule has 1 unspecified atom stereocenters. The third-order valence-electron chi connectivity index (χ3n) is 3.34. The molecule has 2 aromatic carbocycles. The van der Waals surface area contributed by atoms with E-state index in [1.807, 2.05) is 6.07 Å². The Hall–Kier alpha value is -1.32. The van der Waals surface area contributed by atoms with Gasteiger partial charge in [0.2, 0.25) is 0 Å². The second-order valence-corrected chi connectivity index (χ2v) is 6.09. The number of hydrogen-bond donors (Lipinski definition) is 1. The van der Waals surface area contributed by atoms with Gasteiger partial charge in [0.25, 0.3) is 0 Å². The van der Waals surface area contributed by atoms with E-state index in [4.69, 9.17) is 0 Å². The first-order valence-corrected chi connectivity index (χ1v) is 7.66. The first-order valence-electron chi connectivity index (χ1n) is 6.68. The average Bonchev–Trinajstić information content (AvgIpc) is 2.42. The maximum absolute atomic E-state index is 12.8. The molecule has 0 spiro atoms. The summed E-state index contributed by atoms with van der Waals surface area (Å²) in [5.41, 5.74) is 3.66. The van der Waals surface area contributed by atoms with Crippen LogP contribution < -0.4 is 0 Å². The third kappa shape index (κ3) is 4.09. The lowest BCUT2D eigenvalue weighted by atomic mass is 9.98. The highest BCUT2D eigenvalue weighted by molar-refractivity contribution is 7.99. The quantitative estimate of drug-likeness (QED) is 0.835. The molecule has 2 rings (SSSR count). The van der Waals surface area contributed by atoms with Crippen LogP contribution in [0, 0.1) is 19.7 Å². The highest BCUT2D eigenvalue weighted by atomic mass is 32.2. The zero-order valence-electron chi connectivity index (χ0n) is 11.8. The third-order valence-corrected chi connectivity index (χ3v) is 4.50. The molecule has 2 aromatic rings. The second kappa shape index (κ2) is 6.91. The molecule has 0 bridgehead atoms. The van der Waals surface area contributed by atoms with Crippen LogP contribution in [-0.2, 0) is 6.42 Å². The molecule has 0 saturated heterocycles. The fourth-order valence-corrected chi connectivity index (χ4v) is 3.02. The van der Waals surface area contributed by atoms with Gasteiger partial charge in [0.15, 0.2) is 0 Å². The van der Waals surface area contributed by atoms with E-state index in [0.29, 0.717) is 12.2 Å². The summed E-state index contributed by atoms with van der Waals surface area (Å²) in [7, 11) is 0. The van der Waals surface area contributed by atoms with Crippen molar-refractivity contribution < 1.29 is 9.50 Å². The van der Waals surface area contributed by atoms with Gasteiger partial charge in [-0.05, 0) is 61.2 Å². The van der Waals surface area contributed by atoms with Crippen LogP contribution in [0.2, 0.25) is 0 Å². The van der Waals surface area contributed by atoms with Crippen LogP contribution in [0.15, 0.2) is 47.4 Å². The number of hydrogen-bond acceptors (Lipinski definition) is 2. The van der Waals surface area contributed by atoms with Crippen molar-refractivity contribution in [3.8, 4) is 0 Å². The van der Waals surface area contributed by atoms with Gasteiger partial charge in [-0.25, -0.2) is 4.39 Å². The summed E-state index contributed by atoms with van der Waals surface area (Å²) < 4.78 is 12.8.